The molecule has 2 aromatic heterocycles. The number of carbonyl (C=O) groups is 1. The van der Waals surface area contributed by atoms with E-state index in [4.69, 9.17) is 8.94 Å². The van der Waals surface area contributed by atoms with Gasteiger partial charge in [-0.25, -0.2) is 0 Å². The van der Waals surface area contributed by atoms with Crippen LogP contribution < -0.4 is 0 Å². The first-order valence-corrected chi connectivity index (χ1v) is 7.94. The largest absolute Gasteiger partial charge is 0.459 e. The Morgan fingerprint density at radius 2 is 2.00 bits per heavy atom. The normalized spacial score (nSPS) is 20.5. The SMILES string of the molecule is C[C@@H]1CN(C(=O)c2ccco2)C[C@H]1c1nc(-c2ccccc2)no1. The van der Waals surface area contributed by atoms with Crippen LogP contribution >= 0.6 is 0 Å². The van der Waals surface area contributed by atoms with Gasteiger partial charge in [-0.3, -0.25) is 4.79 Å². The van der Waals surface area contributed by atoms with E-state index in [1.807, 2.05) is 30.3 Å². The summed E-state index contributed by atoms with van der Waals surface area (Å²) in [6.07, 6.45) is 1.51. The van der Waals surface area contributed by atoms with E-state index in [0.717, 1.165) is 5.56 Å². The van der Waals surface area contributed by atoms with Crippen molar-refractivity contribution in [3.8, 4) is 11.4 Å². The second kappa shape index (κ2) is 5.96. The molecule has 0 unspecified atom stereocenters. The maximum Gasteiger partial charge on any atom is 0.289 e. The number of benzene rings is 1. The molecule has 1 fully saturated rings. The molecule has 24 heavy (non-hydrogen) atoms. The molecule has 6 heteroatoms. The van der Waals surface area contributed by atoms with Crippen LogP contribution in [0.5, 0.6) is 0 Å². The summed E-state index contributed by atoms with van der Waals surface area (Å²) in [4.78, 5) is 18.7. The molecule has 0 radical (unpaired) electrons. The van der Waals surface area contributed by atoms with Gasteiger partial charge < -0.3 is 13.8 Å². The van der Waals surface area contributed by atoms with Crippen LogP contribution in [0, 0.1) is 5.92 Å². The number of amides is 1. The van der Waals surface area contributed by atoms with Crippen LogP contribution in [-0.2, 0) is 0 Å². The predicted molar refractivity (Wildman–Crippen MR) is 86.3 cm³/mol. The fourth-order valence-electron chi connectivity index (χ4n) is 3.10. The summed E-state index contributed by atoms with van der Waals surface area (Å²) in [5.41, 5.74) is 0.918. The van der Waals surface area contributed by atoms with Gasteiger partial charge in [0.1, 0.15) is 0 Å². The molecule has 3 heterocycles. The third-order valence-corrected chi connectivity index (χ3v) is 4.42. The lowest BCUT2D eigenvalue weighted by Crippen LogP contribution is -2.28. The van der Waals surface area contributed by atoms with Crippen LogP contribution in [0.25, 0.3) is 11.4 Å². The number of aromatic nitrogens is 2. The van der Waals surface area contributed by atoms with Crippen molar-refractivity contribution in [2.24, 2.45) is 5.92 Å². The zero-order valence-electron chi connectivity index (χ0n) is 13.3. The summed E-state index contributed by atoms with van der Waals surface area (Å²) < 4.78 is 10.7. The molecule has 1 amide bonds. The molecule has 1 aliphatic rings. The topological polar surface area (TPSA) is 72.4 Å². The average Bonchev–Trinajstić information content (AvgIpc) is 3.35. The molecule has 1 aliphatic heterocycles. The zero-order chi connectivity index (χ0) is 16.5. The summed E-state index contributed by atoms with van der Waals surface area (Å²) in [6.45, 7) is 3.29. The Balaban J connectivity index is 1.53. The quantitative estimate of drug-likeness (QED) is 0.740. The molecule has 6 nitrogen and oxygen atoms in total. The smallest absolute Gasteiger partial charge is 0.289 e. The Bertz CT molecular complexity index is 826. The van der Waals surface area contributed by atoms with Gasteiger partial charge in [-0.2, -0.15) is 4.98 Å². The molecular formula is C18H17N3O3. The average molecular weight is 323 g/mol. The van der Waals surface area contributed by atoms with Gasteiger partial charge in [-0.1, -0.05) is 42.4 Å². The van der Waals surface area contributed by atoms with Crippen molar-refractivity contribution in [1.82, 2.24) is 15.0 Å². The van der Waals surface area contributed by atoms with E-state index in [1.54, 1.807) is 17.0 Å². The van der Waals surface area contributed by atoms with Gasteiger partial charge in [0.2, 0.25) is 11.7 Å². The number of furan rings is 1. The first-order valence-electron chi connectivity index (χ1n) is 7.94. The van der Waals surface area contributed by atoms with Crippen molar-refractivity contribution in [3.63, 3.8) is 0 Å². The van der Waals surface area contributed by atoms with Gasteiger partial charge in [0, 0.05) is 18.7 Å². The minimum absolute atomic E-state index is 0.0360. The number of carbonyl (C=O) groups excluding carboxylic acids is 1. The zero-order valence-corrected chi connectivity index (χ0v) is 13.3. The molecule has 1 saturated heterocycles. The molecule has 0 saturated carbocycles. The van der Waals surface area contributed by atoms with E-state index < -0.39 is 0 Å². The van der Waals surface area contributed by atoms with Gasteiger partial charge >= 0.3 is 0 Å². The van der Waals surface area contributed by atoms with Gasteiger partial charge in [-0.05, 0) is 18.1 Å². The first kappa shape index (κ1) is 14.7. The minimum atomic E-state index is -0.0999. The lowest BCUT2D eigenvalue weighted by Gasteiger charge is -2.13. The second-order valence-corrected chi connectivity index (χ2v) is 6.09. The highest BCUT2D eigenvalue weighted by Crippen LogP contribution is 2.33. The molecule has 1 aromatic carbocycles. The fourth-order valence-corrected chi connectivity index (χ4v) is 3.10. The molecule has 122 valence electrons. The molecule has 4 rings (SSSR count). The molecule has 3 aromatic rings. The predicted octanol–water partition coefficient (Wildman–Crippen LogP) is 3.21. The number of nitrogens with zero attached hydrogens (tertiary/aromatic N) is 3. The van der Waals surface area contributed by atoms with Gasteiger partial charge in [-0.15, -0.1) is 0 Å². The Kier molecular flexibility index (Phi) is 3.65. The van der Waals surface area contributed by atoms with Gasteiger partial charge in [0.25, 0.3) is 5.91 Å². The summed E-state index contributed by atoms with van der Waals surface area (Å²) >= 11 is 0. The molecule has 0 N–H and O–H groups in total. The van der Waals surface area contributed by atoms with Crippen molar-refractivity contribution in [3.05, 3.63) is 60.4 Å². The van der Waals surface area contributed by atoms with Crippen LogP contribution in [0.15, 0.2) is 57.7 Å². The fraction of sp³-hybridized carbons (Fsp3) is 0.278. The number of hydrogen-bond donors (Lipinski definition) is 0. The minimum Gasteiger partial charge on any atom is -0.459 e. The molecule has 0 bridgehead atoms. The van der Waals surface area contributed by atoms with Crippen LogP contribution in [-0.4, -0.2) is 34.0 Å². The van der Waals surface area contributed by atoms with Gasteiger partial charge in [0.15, 0.2) is 5.76 Å². The standard InChI is InChI=1S/C18H17N3O3/c1-12-10-21(18(22)15-8-5-9-23-15)11-14(12)17-19-16(20-24-17)13-6-3-2-4-7-13/h2-9,12,14H,10-11H2,1H3/t12-,14-/m1/s1. The molecule has 2 atom stereocenters. The van der Waals surface area contributed by atoms with E-state index in [-0.39, 0.29) is 17.7 Å². The van der Waals surface area contributed by atoms with E-state index in [2.05, 4.69) is 17.1 Å². The summed E-state index contributed by atoms with van der Waals surface area (Å²) in [5.74, 6) is 1.70. The first-order chi connectivity index (χ1) is 11.7. The Morgan fingerprint density at radius 3 is 2.75 bits per heavy atom. The second-order valence-electron chi connectivity index (χ2n) is 6.09. The van der Waals surface area contributed by atoms with Crippen molar-refractivity contribution in [2.75, 3.05) is 13.1 Å². The molecule has 0 aliphatic carbocycles. The van der Waals surface area contributed by atoms with E-state index in [9.17, 15) is 4.79 Å². The Labute approximate surface area is 139 Å². The highest BCUT2D eigenvalue weighted by Gasteiger charge is 2.37. The highest BCUT2D eigenvalue weighted by molar-refractivity contribution is 5.91. The maximum absolute atomic E-state index is 12.4. The lowest BCUT2D eigenvalue weighted by molar-refractivity contribution is 0.0754. The van der Waals surface area contributed by atoms with Crippen molar-refractivity contribution < 1.29 is 13.7 Å². The molecular weight excluding hydrogens is 306 g/mol. The lowest BCUT2D eigenvalue weighted by atomic mass is 9.98. The van der Waals surface area contributed by atoms with E-state index >= 15 is 0 Å². The summed E-state index contributed by atoms with van der Waals surface area (Å²) in [5, 5.41) is 4.08. The number of rotatable bonds is 3. The van der Waals surface area contributed by atoms with Crippen molar-refractivity contribution in [1.29, 1.82) is 0 Å². The number of hydrogen-bond acceptors (Lipinski definition) is 5. The maximum atomic E-state index is 12.4. The van der Waals surface area contributed by atoms with Crippen LogP contribution in [0.3, 0.4) is 0 Å². The molecule has 0 spiro atoms. The van der Waals surface area contributed by atoms with Crippen LogP contribution in [0.1, 0.15) is 29.3 Å². The monoisotopic (exact) mass is 323 g/mol. The number of likely N-dealkylation sites (tertiary alicyclic amines) is 1. The summed E-state index contributed by atoms with van der Waals surface area (Å²) in [6, 6.07) is 13.1. The Hall–Kier alpha value is -2.89. The summed E-state index contributed by atoms with van der Waals surface area (Å²) in [7, 11) is 0. The van der Waals surface area contributed by atoms with E-state index in [0.29, 0.717) is 30.6 Å². The highest BCUT2D eigenvalue weighted by atomic mass is 16.5. The van der Waals surface area contributed by atoms with Crippen LogP contribution in [0.2, 0.25) is 0 Å². The van der Waals surface area contributed by atoms with Crippen molar-refractivity contribution in [2.45, 2.75) is 12.8 Å². The Morgan fingerprint density at radius 1 is 1.17 bits per heavy atom. The third-order valence-electron chi connectivity index (χ3n) is 4.42. The van der Waals surface area contributed by atoms with Gasteiger partial charge in [0.05, 0.1) is 12.2 Å². The third kappa shape index (κ3) is 2.60. The van der Waals surface area contributed by atoms with Crippen LogP contribution in [0.4, 0.5) is 0 Å². The van der Waals surface area contributed by atoms with E-state index in [1.165, 1.54) is 6.26 Å². The van der Waals surface area contributed by atoms with Crippen molar-refractivity contribution >= 4 is 5.91 Å².